The molecule has 0 radical (unpaired) electrons. The zero-order valence-electron chi connectivity index (χ0n) is 13.2. The first-order valence-corrected chi connectivity index (χ1v) is 7.85. The molecule has 0 saturated heterocycles. The van der Waals surface area contributed by atoms with Gasteiger partial charge in [-0.25, -0.2) is 0 Å². The molecule has 2 unspecified atom stereocenters. The summed E-state index contributed by atoms with van der Waals surface area (Å²) in [5.74, 6) is 1.19. The van der Waals surface area contributed by atoms with Gasteiger partial charge in [0.05, 0.1) is 12.2 Å². The first kappa shape index (κ1) is 15.4. The third-order valence-corrected chi connectivity index (χ3v) is 4.54. The second-order valence-corrected chi connectivity index (χ2v) is 7.02. The van der Waals surface area contributed by atoms with E-state index in [-0.39, 0.29) is 17.6 Å². The molecule has 1 aliphatic rings. The fourth-order valence-electron chi connectivity index (χ4n) is 3.38. The Morgan fingerprint density at radius 1 is 1.25 bits per heavy atom. The van der Waals surface area contributed by atoms with E-state index in [4.69, 9.17) is 4.74 Å². The van der Waals surface area contributed by atoms with E-state index in [0.29, 0.717) is 5.92 Å². The topological polar surface area (TPSA) is 29.5 Å². The Labute approximate surface area is 123 Å². The molecule has 1 N–H and O–H groups in total. The first-order valence-electron chi connectivity index (χ1n) is 7.85. The number of rotatable bonds is 4. The van der Waals surface area contributed by atoms with Gasteiger partial charge in [-0.15, -0.1) is 0 Å². The summed E-state index contributed by atoms with van der Waals surface area (Å²) in [5, 5.41) is 10.8. The molecular weight excluding hydrogens is 248 g/mol. The van der Waals surface area contributed by atoms with Crippen molar-refractivity contribution in [3.8, 4) is 5.75 Å². The Bertz CT molecular complexity index is 437. The van der Waals surface area contributed by atoms with Crippen LogP contribution in [-0.2, 0) is 0 Å². The second kappa shape index (κ2) is 6.17. The van der Waals surface area contributed by atoms with Crippen molar-refractivity contribution in [2.75, 3.05) is 0 Å². The average Bonchev–Trinajstić information content (AvgIpc) is 2.37. The van der Waals surface area contributed by atoms with Gasteiger partial charge in [0.2, 0.25) is 0 Å². The van der Waals surface area contributed by atoms with E-state index in [9.17, 15) is 5.11 Å². The molecule has 1 aromatic rings. The third-order valence-electron chi connectivity index (χ3n) is 4.54. The van der Waals surface area contributed by atoms with Crippen LogP contribution in [0, 0.1) is 11.3 Å². The highest BCUT2D eigenvalue weighted by atomic mass is 16.5. The fraction of sp³-hybridized carbons (Fsp3) is 0.667. The lowest BCUT2D eigenvalue weighted by atomic mass is 9.65. The van der Waals surface area contributed by atoms with Crippen molar-refractivity contribution in [2.24, 2.45) is 11.3 Å². The number of aliphatic hydroxyl groups excluding tert-OH is 1. The molecule has 0 aliphatic heterocycles. The van der Waals surface area contributed by atoms with E-state index >= 15 is 0 Å². The van der Waals surface area contributed by atoms with Crippen molar-refractivity contribution in [2.45, 2.75) is 65.6 Å². The molecule has 1 aliphatic carbocycles. The zero-order valence-corrected chi connectivity index (χ0v) is 13.2. The lowest BCUT2D eigenvalue weighted by Gasteiger charge is -2.41. The maximum atomic E-state index is 10.8. The summed E-state index contributed by atoms with van der Waals surface area (Å²) in [4.78, 5) is 0. The van der Waals surface area contributed by atoms with Crippen molar-refractivity contribution >= 4 is 0 Å². The Morgan fingerprint density at radius 3 is 2.65 bits per heavy atom. The molecule has 1 fully saturated rings. The van der Waals surface area contributed by atoms with E-state index in [2.05, 4.69) is 13.8 Å². The Hall–Kier alpha value is -1.02. The monoisotopic (exact) mass is 276 g/mol. The number of benzene rings is 1. The molecule has 0 aromatic heterocycles. The molecule has 2 atom stereocenters. The van der Waals surface area contributed by atoms with Crippen molar-refractivity contribution in [1.82, 2.24) is 0 Å². The number of aliphatic hydroxyl groups is 1. The van der Waals surface area contributed by atoms with Gasteiger partial charge >= 0.3 is 0 Å². The van der Waals surface area contributed by atoms with Gasteiger partial charge in [0.1, 0.15) is 5.75 Å². The van der Waals surface area contributed by atoms with Gasteiger partial charge in [0, 0.05) is 0 Å². The van der Waals surface area contributed by atoms with E-state index in [1.54, 1.807) is 0 Å². The lowest BCUT2D eigenvalue weighted by molar-refractivity contribution is 0.00369. The maximum Gasteiger partial charge on any atom is 0.120 e. The molecule has 2 nitrogen and oxygen atoms in total. The SMILES string of the molecule is CC(C)Oc1cccc(C(O)C2CCCCC2(C)C)c1. The summed E-state index contributed by atoms with van der Waals surface area (Å²) < 4.78 is 5.73. The van der Waals surface area contributed by atoms with Gasteiger partial charge in [-0.05, 0) is 55.7 Å². The smallest absolute Gasteiger partial charge is 0.120 e. The molecule has 0 spiro atoms. The van der Waals surface area contributed by atoms with E-state index in [0.717, 1.165) is 17.7 Å². The predicted molar refractivity (Wildman–Crippen MR) is 82.9 cm³/mol. The summed E-state index contributed by atoms with van der Waals surface area (Å²) >= 11 is 0. The highest BCUT2D eigenvalue weighted by molar-refractivity contribution is 5.30. The summed E-state index contributed by atoms with van der Waals surface area (Å²) in [6.45, 7) is 8.61. The van der Waals surface area contributed by atoms with Crippen molar-refractivity contribution in [3.63, 3.8) is 0 Å². The largest absolute Gasteiger partial charge is 0.491 e. The van der Waals surface area contributed by atoms with Crippen molar-refractivity contribution < 1.29 is 9.84 Å². The van der Waals surface area contributed by atoms with Crippen LogP contribution in [0.25, 0.3) is 0 Å². The number of hydrogen-bond donors (Lipinski definition) is 1. The molecule has 0 amide bonds. The maximum absolute atomic E-state index is 10.8. The van der Waals surface area contributed by atoms with Crippen molar-refractivity contribution in [1.29, 1.82) is 0 Å². The Kier molecular flexibility index (Phi) is 4.74. The highest BCUT2D eigenvalue weighted by Crippen LogP contribution is 2.46. The molecular formula is C18H28O2. The molecule has 0 heterocycles. The van der Waals surface area contributed by atoms with Crippen LogP contribution in [0.4, 0.5) is 0 Å². The number of ether oxygens (including phenoxy) is 1. The standard InChI is InChI=1S/C18H28O2/c1-13(2)20-15-9-7-8-14(12-15)17(19)16-10-5-6-11-18(16,3)4/h7-9,12-13,16-17,19H,5-6,10-11H2,1-4H3. The van der Waals surface area contributed by atoms with Gasteiger partial charge < -0.3 is 9.84 Å². The molecule has 1 aromatic carbocycles. The highest BCUT2D eigenvalue weighted by Gasteiger charge is 2.37. The van der Waals surface area contributed by atoms with Crippen LogP contribution in [0.1, 0.15) is 65.0 Å². The molecule has 20 heavy (non-hydrogen) atoms. The fourth-order valence-corrected chi connectivity index (χ4v) is 3.38. The van der Waals surface area contributed by atoms with E-state index in [1.807, 2.05) is 38.1 Å². The van der Waals surface area contributed by atoms with Gasteiger partial charge in [-0.1, -0.05) is 38.8 Å². The zero-order chi connectivity index (χ0) is 14.8. The predicted octanol–water partition coefficient (Wildman–Crippen LogP) is 4.72. The Balaban J connectivity index is 2.17. The van der Waals surface area contributed by atoms with Crippen LogP contribution in [0.2, 0.25) is 0 Å². The van der Waals surface area contributed by atoms with E-state index < -0.39 is 0 Å². The van der Waals surface area contributed by atoms with Gasteiger partial charge in [0.25, 0.3) is 0 Å². The van der Waals surface area contributed by atoms with Crippen LogP contribution in [-0.4, -0.2) is 11.2 Å². The van der Waals surface area contributed by atoms with Gasteiger partial charge in [0.15, 0.2) is 0 Å². The first-order chi connectivity index (χ1) is 9.40. The Morgan fingerprint density at radius 2 is 2.00 bits per heavy atom. The molecule has 2 heteroatoms. The third kappa shape index (κ3) is 3.54. The molecule has 1 saturated carbocycles. The van der Waals surface area contributed by atoms with Crippen LogP contribution < -0.4 is 4.74 Å². The summed E-state index contributed by atoms with van der Waals surface area (Å²) in [7, 11) is 0. The summed E-state index contributed by atoms with van der Waals surface area (Å²) in [5.41, 5.74) is 1.20. The summed E-state index contributed by atoms with van der Waals surface area (Å²) in [6, 6.07) is 7.95. The molecule has 112 valence electrons. The minimum absolute atomic E-state index is 0.161. The van der Waals surface area contributed by atoms with Gasteiger partial charge in [-0.2, -0.15) is 0 Å². The van der Waals surface area contributed by atoms with Crippen molar-refractivity contribution in [3.05, 3.63) is 29.8 Å². The van der Waals surface area contributed by atoms with E-state index in [1.165, 1.54) is 19.3 Å². The van der Waals surface area contributed by atoms with Crippen LogP contribution in [0.5, 0.6) is 5.75 Å². The minimum Gasteiger partial charge on any atom is -0.491 e. The molecule has 0 bridgehead atoms. The van der Waals surface area contributed by atoms with Crippen LogP contribution in [0.3, 0.4) is 0 Å². The molecule has 2 rings (SSSR count). The normalized spacial score (nSPS) is 23.6. The number of hydrogen-bond acceptors (Lipinski definition) is 2. The second-order valence-electron chi connectivity index (χ2n) is 7.02. The lowest BCUT2D eigenvalue weighted by Crippen LogP contribution is -2.32. The van der Waals surface area contributed by atoms with Gasteiger partial charge in [-0.3, -0.25) is 0 Å². The quantitative estimate of drug-likeness (QED) is 0.862. The van der Waals surface area contributed by atoms with Crippen LogP contribution in [0.15, 0.2) is 24.3 Å². The van der Waals surface area contributed by atoms with Crippen LogP contribution >= 0.6 is 0 Å². The average molecular weight is 276 g/mol. The summed E-state index contributed by atoms with van der Waals surface area (Å²) in [6.07, 6.45) is 4.61. The minimum atomic E-state index is -0.388.